The van der Waals surface area contributed by atoms with Crippen LogP contribution in [0.25, 0.3) is 0 Å². The Bertz CT molecular complexity index is 459. The molecule has 0 unspecified atom stereocenters. The number of hydrogen-bond acceptors (Lipinski definition) is 1. The Morgan fingerprint density at radius 2 is 2.07 bits per heavy atom. The molecule has 0 atom stereocenters. The average Bonchev–Trinajstić information content (AvgIpc) is 2.38. The second kappa shape index (κ2) is 2.72. The summed E-state index contributed by atoms with van der Waals surface area (Å²) in [4.78, 5) is 4.53. The Kier molecular flexibility index (Phi) is 1.75. The fourth-order valence-corrected chi connectivity index (χ4v) is 1.74. The van der Waals surface area contributed by atoms with E-state index in [1.165, 1.54) is 5.56 Å². The number of hydrogen-bond donors (Lipinski definition) is 0. The molecule has 0 amide bonds. The third kappa shape index (κ3) is 1.08. The maximum atomic E-state index is 5.38. The molecule has 0 radical (unpaired) electrons. The van der Waals surface area contributed by atoms with Gasteiger partial charge in [-0.25, -0.2) is 0 Å². The summed E-state index contributed by atoms with van der Waals surface area (Å²) in [7, 11) is 0. The second-order valence-electron chi connectivity index (χ2n) is 4.20. The highest BCUT2D eigenvalue weighted by Crippen LogP contribution is 2.39. The molecular formula is C13H13N. The maximum Gasteiger partial charge on any atom is 0.0671 e. The second-order valence-corrected chi connectivity index (χ2v) is 4.20. The summed E-state index contributed by atoms with van der Waals surface area (Å²) in [6, 6.07) is 6.01. The van der Waals surface area contributed by atoms with Crippen LogP contribution in [-0.4, -0.2) is 5.71 Å². The van der Waals surface area contributed by atoms with Crippen molar-refractivity contribution in [3.8, 4) is 12.3 Å². The van der Waals surface area contributed by atoms with E-state index in [0.29, 0.717) is 0 Å². The highest BCUT2D eigenvalue weighted by atomic mass is 14.8. The van der Waals surface area contributed by atoms with Crippen LogP contribution in [-0.2, 0) is 5.41 Å². The van der Waals surface area contributed by atoms with Crippen LogP contribution < -0.4 is 0 Å². The van der Waals surface area contributed by atoms with E-state index in [0.717, 1.165) is 17.0 Å². The summed E-state index contributed by atoms with van der Waals surface area (Å²) in [6.45, 7) is 6.42. The lowest BCUT2D eigenvalue weighted by Crippen LogP contribution is -2.22. The zero-order valence-electron chi connectivity index (χ0n) is 8.76. The molecular weight excluding hydrogens is 170 g/mol. The third-order valence-electron chi connectivity index (χ3n) is 3.03. The lowest BCUT2D eigenvalue weighted by molar-refractivity contribution is 0.733. The van der Waals surface area contributed by atoms with Crippen molar-refractivity contribution in [2.75, 3.05) is 0 Å². The minimum absolute atomic E-state index is 0.0300. The molecule has 0 N–H and O–H groups in total. The number of fused-ring (bicyclic) bond motifs is 1. The highest BCUT2D eigenvalue weighted by Gasteiger charge is 2.31. The summed E-state index contributed by atoms with van der Waals surface area (Å²) in [5.74, 6) is 2.66. The molecule has 2 rings (SSSR count). The van der Waals surface area contributed by atoms with Crippen molar-refractivity contribution in [2.24, 2.45) is 4.99 Å². The number of aliphatic imine (C=N–C) groups is 1. The normalized spacial score (nSPS) is 17.1. The molecule has 0 bridgehead atoms. The van der Waals surface area contributed by atoms with Gasteiger partial charge in [0.15, 0.2) is 0 Å². The summed E-state index contributed by atoms with van der Waals surface area (Å²) >= 11 is 0. The largest absolute Gasteiger partial charge is 0.257 e. The molecule has 0 aromatic heterocycles. The quantitative estimate of drug-likeness (QED) is 0.548. The van der Waals surface area contributed by atoms with Crippen molar-refractivity contribution in [3.05, 3.63) is 29.3 Å². The molecule has 1 aliphatic rings. The van der Waals surface area contributed by atoms with E-state index >= 15 is 0 Å². The van der Waals surface area contributed by atoms with Gasteiger partial charge in [0.05, 0.1) is 5.69 Å². The molecule has 0 fully saturated rings. The van der Waals surface area contributed by atoms with Gasteiger partial charge in [-0.1, -0.05) is 19.8 Å². The van der Waals surface area contributed by atoms with Crippen molar-refractivity contribution < 1.29 is 0 Å². The first-order chi connectivity index (χ1) is 6.55. The van der Waals surface area contributed by atoms with Crippen LogP contribution in [0, 0.1) is 12.3 Å². The van der Waals surface area contributed by atoms with E-state index in [1.807, 2.05) is 12.1 Å². The first-order valence-corrected chi connectivity index (χ1v) is 4.72. The monoisotopic (exact) mass is 183 g/mol. The van der Waals surface area contributed by atoms with Gasteiger partial charge < -0.3 is 0 Å². The molecule has 1 aromatic rings. The molecule has 0 saturated heterocycles. The van der Waals surface area contributed by atoms with Crippen LogP contribution in [0.4, 0.5) is 5.69 Å². The first-order valence-electron chi connectivity index (χ1n) is 4.72. The predicted molar refractivity (Wildman–Crippen MR) is 60.2 cm³/mol. The van der Waals surface area contributed by atoms with E-state index < -0.39 is 0 Å². The molecule has 1 nitrogen and oxygen atoms in total. The summed E-state index contributed by atoms with van der Waals surface area (Å²) in [6.07, 6.45) is 5.38. The molecule has 0 saturated carbocycles. The van der Waals surface area contributed by atoms with Gasteiger partial charge in [0.2, 0.25) is 0 Å². The van der Waals surface area contributed by atoms with Crippen molar-refractivity contribution in [1.82, 2.24) is 0 Å². The van der Waals surface area contributed by atoms with Crippen molar-refractivity contribution >= 4 is 11.4 Å². The molecule has 1 heterocycles. The Morgan fingerprint density at radius 1 is 1.36 bits per heavy atom. The van der Waals surface area contributed by atoms with Crippen molar-refractivity contribution in [2.45, 2.75) is 26.2 Å². The van der Waals surface area contributed by atoms with Gasteiger partial charge in [-0.05, 0) is 30.7 Å². The van der Waals surface area contributed by atoms with Crippen LogP contribution >= 0.6 is 0 Å². The lowest BCUT2D eigenvalue weighted by atomic mass is 9.82. The van der Waals surface area contributed by atoms with Gasteiger partial charge in [-0.2, -0.15) is 0 Å². The smallest absolute Gasteiger partial charge is 0.0671 e. The van der Waals surface area contributed by atoms with Crippen LogP contribution in [0.5, 0.6) is 0 Å². The van der Waals surface area contributed by atoms with E-state index in [4.69, 9.17) is 6.42 Å². The van der Waals surface area contributed by atoms with E-state index in [1.54, 1.807) is 0 Å². The summed E-state index contributed by atoms with van der Waals surface area (Å²) < 4.78 is 0. The zero-order valence-corrected chi connectivity index (χ0v) is 8.76. The van der Waals surface area contributed by atoms with E-state index in [9.17, 15) is 0 Å². The summed E-state index contributed by atoms with van der Waals surface area (Å²) in [5, 5.41) is 0. The zero-order chi connectivity index (χ0) is 10.3. The number of rotatable bonds is 0. The minimum Gasteiger partial charge on any atom is -0.257 e. The number of nitrogens with zero attached hydrogens (tertiary/aromatic N) is 1. The van der Waals surface area contributed by atoms with Gasteiger partial charge in [0, 0.05) is 16.7 Å². The molecule has 0 spiro atoms. The molecule has 14 heavy (non-hydrogen) atoms. The van der Waals surface area contributed by atoms with E-state index in [2.05, 4.69) is 37.8 Å². The van der Waals surface area contributed by atoms with Crippen LogP contribution in [0.3, 0.4) is 0 Å². The van der Waals surface area contributed by atoms with Crippen LogP contribution in [0.2, 0.25) is 0 Å². The maximum absolute atomic E-state index is 5.38. The van der Waals surface area contributed by atoms with E-state index in [-0.39, 0.29) is 5.41 Å². The van der Waals surface area contributed by atoms with Gasteiger partial charge in [-0.3, -0.25) is 4.99 Å². The minimum atomic E-state index is 0.0300. The first kappa shape index (κ1) is 9.02. The third-order valence-corrected chi connectivity index (χ3v) is 3.03. The van der Waals surface area contributed by atoms with Crippen LogP contribution in [0.1, 0.15) is 31.9 Å². The highest BCUT2D eigenvalue weighted by molar-refractivity contribution is 5.99. The number of terminal acetylenes is 1. The Labute approximate surface area is 84.9 Å². The molecule has 70 valence electrons. The molecule has 1 heteroatoms. The number of benzene rings is 1. The van der Waals surface area contributed by atoms with Gasteiger partial charge in [-0.15, -0.1) is 6.42 Å². The van der Waals surface area contributed by atoms with Crippen molar-refractivity contribution in [1.29, 1.82) is 0 Å². The van der Waals surface area contributed by atoms with Crippen LogP contribution in [0.15, 0.2) is 23.2 Å². The lowest BCUT2D eigenvalue weighted by Gasteiger charge is -2.19. The Hall–Kier alpha value is -1.55. The predicted octanol–water partition coefficient (Wildman–Crippen LogP) is 3.05. The van der Waals surface area contributed by atoms with Gasteiger partial charge in [0.1, 0.15) is 0 Å². The average molecular weight is 183 g/mol. The van der Waals surface area contributed by atoms with Gasteiger partial charge >= 0.3 is 0 Å². The Morgan fingerprint density at radius 3 is 2.71 bits per heavy atom. The molecule has 1 aromatic carbocycles. The van der Waals surface area contributed by atoms with Gasteiger partial charge in [0.25, 0.3) is 0 Å². The van der Waals surface area contributed by atoms with Crippen molar-refractivity contribution in [3.63, 3.8) is 0 Å². The fraction of sp³-hybridized carbons (Fsp3) is 0.308. The topological polar surface area (TPSA) is 12.4 Å². The fourth-order valence-electron chi connectivity index (χ4n) is 1.74. The summed E-state index contributed by atoms with van der Waals surface area (Å²) in [5.41, 5.74) is 4.42. The standard InChI is InChI=1S/C13H13N/c1-5-10-6-7-12-11(8-10)13(3,4)9(2)14-12/h1,6-8H,2-4H3. The molecule has 1 aliphatic heterocycles. The molecule has 0 aliphatic carbocycles. The SMILES string of the molecule is C#Cc1ccc2c(c1)C(C)(C)C(C)=N2. The Balaban J connectivity index is 2.64.